The number of benzene rings is 2. The van der Waals surface area contributed by atoms with Crippen LogP contribution in [0.4, 0.5) is 11.4 Å². The maximum absolute atomic E-state index is 12.6. The van der Waals surface area contributed by atoms with E-state index in [1.54, 1.807) is 36.4 Å². The van der Waals surface area contributed by atoms with Gasteiger partial charge in [-0.1, -0.05) is 28.1 Å². The van der Waals surface area contributed by atoms with Gasteiger partial charge >= 0.3 is 0 Å². The van der Waals surface area contributed by atoms with Crippen LogP contribution in [-0.4, -0.2) is 19.4 Å². The molecule has 0 unspecified atom stereocenters. The monoisotopic (exact) mass is 394 g/mol. The van der Waals surface area contributed by atoms with Crippen molar-refractivity contribution in [1.29, 1.82) is 0 Å². The summed E-state index contributed by atoms with van der Waals surface area (Å²) in [5.74, 6) is -1.61. The number of rotatable bonds is 2. The van der Waals surface area contributed by atoms with Crippen LogP contribution in [0.3, 0.4) is 0 Å². The fraction of sp³-hybridized carbons (Fsp3) is 0. The Balaban J connectivity index is 1.98. The third-order valence-electron chi connectivity index (χ3n) is 3.22. The van der Waals surface area contributed by atoms with Gasteiger partial charge in [0, 0.05) is 10.2 Å². The molecule has 0 aliphatic carbocycles. The maximum atomic E-state index is 12.6. The number of nitrogens with one attached hydrogen (secondary N) is 2. The van der Waals surface area contributed by atoms with Crippen molar-refractivity contribution in [3.8, 4) is 0 Å². The molecule has 0 fully saturated rings. The van der Waals surface area contributed by atoms with E-state index in [-0.39, 0.29) is 10.6 Å². The van der Waals surface area contributed by atoms with Crippen molar-refractivity contribution in [3.05, 3.63) is 63.8 Å². The number of anilines is 2. The molecule has 1 heterocycles. The third-order valence-corrected chi connectivity index (χ3v) is 5.60. The zero-order valence-electron chi connectivity index (χ0n) is 11.6. The minimum atomic E-state index is -4.11. The summed E-state index contributed by atoms with van der Waals surface area (Å²) in [6.07, 6.45) is 0. The number of fused-ring (bicyclic) bond motifs is 1. The number of carbonyl (C=O) groups is 1. The first-order valence-corrected chi connectivity index (χ1v) is 8.78. The van der Waals surface area contributed by atoms with Gasteiger partial charge < -0.3 is 15.7 Å². The molecule has 2 aromatic carbocycles. The Morgan fingerprint density at radius 3 is 2.43 bits per heavy atom. The Morgan fingerprint density at radius 2 is 1.74 bits per heavy atom. The summed E-state index contributed by atoms with van der Waals surface area (Å²) in [4.78, 5) is 11.6. The average Bonchev–Trinajstić information content (AvgIpc) is 2.49. The molecule has 0 aromatic heterocycles. The van der Waals surface area contributed by atoms with Crippen molar-refractivity contribution in [2.24, 2.45) is 0 Å². The van der Waals surface area contributed by atoms with Crippen LogP contribution in [-0.2, 0) is 14.6 Å². The second-order valence-electron chi connectivity index (χ2n) is 4.76. The van der Waals surface area contributed by atoms with Crippen molar-refractivity contribution in [1.82, 2.24) is 0 Å². The number of hydrogen-bond acceptors (Lipinski definition) is 5. The predicted molar refractivity (Wildman–Crippen MR) is 89.7 cm³/mol. The summed E-state index contributed by atoms with van der Waals surface area (Å²) < 4.78 is 26.0. The summed E-state index contributed by atoms with van der Waals surface area (Å²) in [6, 6.07) is 12.7. The van der Waals surface area contributed by atoms with Gasteiger partial charge in [0.25, 0.3) is 5.91 Å². The molecular weight excluding hydrogens is 384 g/mol. The molecule has 1 aliphatic rings. The van der Waals surface area contributed by atoms with Crippen LogP contribution >= 0.6 is 15.9 Å². The standard InChI is InChI=1S/C15H11BrN2O4S/c16-9-5-7-10(8-6-9)17-14(19)13-15(20)18-11-3-1-2-4-12(11)23(13,21)22/h1-8,18,20H,(H,17,19). The molecule has 3 rings (SSSR count). The van der Waals surface area contributed by atoms with E-state index in [0.717, 1.165) is 4.47 Å². The number of sulfone groups is 1. The minimum absolute atomic E-state index is 0.0567. The Kier molecular flexibility index (Phi) is 3.87. The van der Waals surface area contributed by atoms with E-state index in [1.807, 2.05) is 0 Å². The van der Waals surface area contributed by atoms with Gasteiger partial charge in [-0.25, -0.2) is 8.42 Å². The van der Waals surface area contributed by atoms with Crippen LogP contribution < -0.4 is 10.6 Å². The van der Waals surface area contributed by atoms with Gasteiger partial charge in [0.2, 0.25) is 15.7 Å². The highest BCUT2D eigenvalue weighted by molar-refractivity contribution is 9.10. The number of carbonyl (C=O) groups excluding carboxylic acids is 1. The Bertz CT molecular complexity index is 921. The van der Waals surface area contributed by atoms with Gasteiger partial charge in [-0.2, -0.15) is 0 Å². The summed E-state index contributed by atoms with van der Waals surface area (Å²) in [5, 5.41) is 15.0. The number of hydrogen-bond donors (Lipinski definition) is 3. The molecule has 0 radical (unpaired) electrons. The van der Waals surface area contributed by atoms with E-state index in [1.165, 1.54) is 12.1 Å². The lowest BCUT2D eigenvalue weighted by Gasteiger charge is -2.20. The number of para-hydroxylation sites is 1. The topological polar surface area (TPSA) is 95.5 Å². The van der Waals surface area contributed by atoms with Crippen LogP contribution in [0.15, 0.2) is 68.7 Å². The molecule has 0 saturated carbocycles. The predicted octanol–water partition coefficient (Wildman–Crippen LogP) is 3.01. The van der Waals surface area contributed by atoms with Crippen LogP contribution in [0.25, 0.3) is 0 Å². The summed E-state index contributed by atoms with van der Waals surface area (Å²) in [6.45, 7) is 0. The van der Waals surface area contributed by atoms with Gasteiger partial charge in [-0.3, -0.25) is 4.79 Å². The van der Waals surface area contributed by atoms with Gasteiger partial charge in [-0.15, -0.1) is 0 Å². The van der Waals surface area contributed by atoms with E-state index < -0.39 is 26.5 Å². The van der Waals surface area contributed by atoms with Gasteiger partial charge in [0.05, 0.1) is 10.6 Å². The van der Waals surface area contributed by atoms with E-state index in [9.17, 15) is 18.3 Å². The van der Waals surface area contributed by atoms with Gasteiger partial charge in [0.15, 0.2) is 4.91 Å². The molecule has 6 nitrogen and oxygen atoms in total. The van der Waals surface area contributed by atoms with E-state index in [0.29, 0.717) is 5.69 Å². The SMILES string of the molecule is O=C(Nc1ccc(Br)cc1)C1=C(O)Nc2ccccc2S1(=O)=O. The van der Waals surface area contributed by atoms with Gasteiger partial charge in [0.1, 0.15) is 0 Å². The van der Waals surface area contributed by atoms with E-state index in [2.05, 4.69) is 26.6 Å². The van der Waals surface area contributed by atoms with E-state index in [4.69, 9.17) is 0 Å². The number of aliphatic hydroxyl groups is 1. The Hall–Kier alpha value is -2.32. The molecule has 0 spiro atoms. The molecule has 3 N–H and O–H groups in total. The zero-order chi connectivity index (χ0) is 16.6. The fourth-order valence-corrected chi connectivity index (χ4v) is 3.93. The Labute approximate surface area is 140 Å². The van der Waals surface area contributed by atoms with Gasteiger partial charge in [-0.05, 0) is 36.4 Å². The van der Waals surface area contributed by atoms with Crippen LogP contribution in [0.2, 0.25) is 0 Å². The molecule has 0 atom stereocenters. The lowest BCUT2D eigenvalue weighted by atomic mass is 10.3. The smallest absolute Gasteiger partial charge is 0.273 e. The first kappa shape index (κ1) is 15.6. The van der Waals surface area contributed by atoms with E-state index >= 15 is 0 Å². The normalized spacial score (nSPS) is 15.5. The van der Waals surface area contributed by atoms with Crippen molar-refractivity contribution >= 4 is 43.0 Å². The summed E-state index contributed by atoms with van der Waals surface area (Å²) in [7, 11) is -4.11. The molecule has 2 aromatic rings. The van der Waals surface area contributed by atoms with Crippen LogP contribution in [0.1, 0.15) is 0 Å². The lowest BCUT2D eigenvalue weighted by Crippen LogP contribution is -2.28. The molecule has 8 heteroatoms. The number of aliphatic hydroxyl groups excluding tert-OH is 1. The second kappa shape index (κ2) is 5.71. The third kappa shape index (κ3) is 2.82. The van der Waals surface area contributed by atoms with Crippen molar-refractivity contribution in [2.75, 3.05) is 10.6 Å². The molecule has 0 saturated heterocycles. The highest BCUT2D eigenvalue weighted by Crippen LogP contribution is 2.33. The molecule has 118 valence electrons. The lowest BCUT2D eigenvalue weighted by molar-refractivity contribution is -0.112. The quantitative estimate of drug-likeness (QED) is 0.727. The molecule has 0 bridgehead atoms. The number of amides is 1. The molecular formula is C15H11BrN2O4S. The highest BCUT2D eigenvalue weighted by Gasteiger charge is 2.37. The summed E-state index contributed by atoms with van der Waals surface area (Å²) in [5.41, 5.74) is 0.637. The van der Waals surface area contributed by atoms with Crippen LogP contribution in [0.5, 0.6) is 0 Å². The minimum Gasteiger partial charge on any atom is -0.493 e. The fourth-order valence-electron chi connectivity index (χ4n) is 2.18. The second-order valence-corrected chi connectivity index (χ2v) is 7.53. The van der Waals surface area contributed by atoms with Crippen molar-refractivity contribution in [3.63, 3.8) is 0 Å². The van der Waals surface area contributed by atoms with Crippen molar-refractivity contribution in [2.45, 2.75) is 4.90 Å². The summed E-state index contributed by atoms with van der Waals surface area (Å²) >= 11 is 3.27. The first-order valence-electron chi connectivity index (χ1n) is 6.51. The number of halogens is 1. The molecule has 23 heavy (non-hydrogen) atoms. The zero-order valence-corrected chi connectivity index (χ0v) is 14.0. The van der Waals surface area contributed by atoms with Crippen molar-refractivity contribution < 1.29 is 18.3 Å². The maximum Gasteiger partial charge on any atom is 0.273 e. The first-order chi connectivity index (χ1) is 10.9. The average molecular weight is 395 g/mol. The molecule has 1 aliphatic heterocycles. The molecule has 1 amide bonds. The largest absolute Gasteiger partial charge is 0.493 e. The highest BCUT2D eigenvalue weighted by atomic mass is 79.9. The Morgan fingerprint density at radius 1 is 1.09 bits per heavy atom. The van der Waals surface area contributed by atoms with Crippen LogP contribution in [0, 0.1) is 0 Å².